The summed E-state index contributed by atoms with van der Waals surface area (Å²) in [6, 6.07) is 11.2. The first-order valence-electron chi connectivity index (χ1n) is 7.73. The maximum atomic E-state index is 12.7. The van der Waals surface area contributed by atoms with Crippen LogP contribution in [0.1, 0.15) is 28.7 Å². The molecule has 1 amide bonds. The molecule has 2 aromatic carbocycles. The molecule has 0 spiro atoms. The lowest BCUT2D eigenvalue weighted by Gasteiger charge is -2.31. The van der Waals surface area contributed by atoms with E-state index >= 15 is 0 Å². The van der Waals surface area contributed by atoms with Crippen LogP contribution in [0.25, 0.3) is 0 Å². The third-order valence-electron chi connectivity index (χ3n) is 4.29. The minimum atomic E-state index is 0.122. The van der Waals surface area contributed by atoms with Gasteiger partial charge in [0.15, 0.2) is 0 Å². The molecule has 1 heterocycles. The highest BCUT2D eigenvalue weighted by Crippen LogP contribution is 2.31. The summed E-state index contributed by atoms with van der Waals surface area (Å²) in [5.74, 6) is 0.349. The van der Waals surface area contributed by atoms with Crippen molar-refractivity contribution in [3.8, 4) is 5.75 Å². The number of carbonyl (C=O) groups excluding carboxylic acids is 1. The summed E-state index contributed by atoms with van der Waals surface area (Å²) in [6.45, 7) is 4.98. The van der Waals surface area contributed by atoms with E-state index in [4.69, 9.17) is 0 Å². The minimum absolute atomic E-state index is 0.122. The molecule has 22 heavy (non-hydrogen) atoms. The van der Waals surface area contributed by atoms with Gasteiger partial charge < -0.3 is 10.0 Å². The van der Waals surface area contributed by atoms with Crippen molar-refractivity contribution in [3.63, 3.8) is 0 Å². The average molecular weight is 295 g/mol. The highest BCUT2D eigenvalue weighted by molar-refractivity contribution is 5.96. The van der Waals surface area contributed by atoms with Crippen molar-refractivity contribution >= 4 is 11.6 Å². The van der Waals surface area contributed by atoms with Crippen molar-refractivity contribution in [3.05, 3.63) is 58.7 Å². The zero-order chi connectivity index (χ0) is 15.7. The van der Waals surface area contributed by atoms with Crippen LogP contribution in [-0.2, 0) is 17.6 Å². The van der Waals surface area contributed by atoms with E-state index in [1.54, 1.807) is 24.3 Å². The van der Waals surface area contributed by atoms with E-state index in [9.17, 15) is 9.90 Å². The molecule has 0 radical (unpaired) electrons. The van der Waals surface area contributed by atoms with Crippen LogP contribution in [0.5, 0.6) is 5.75 Å². The van der Waals surface area contributed by atoms with Gasteiger partial charge in [-0.15, -0.1) is 0 Å². The predicted molar refractivity (Wildman–Crippen MR) is 88.4 cm³/mol. The van der Waals surface area contributed by atoms with E-state index in [0.29, 0.717) is 6.42 Å². The zero-order valence-corrected chi connectivity index (χ0v) is 13.1. The summed E-state index contributed by atoms with van der Waals surface area (Å²) < 4.78 is 0. The first-order chi connectivity index (χ1) is 10.5. The quantitative estimate of drug-likeness (QED) is 0.920. The Balaban J connectivity index is 1.87. The van der Waals surface area contributed by atoms with Gasteiger partial charge in [-0.25, -0.2) is 0 Å². The second-order valence-electron chi connectivity index (χ2n) is 6.07. The standard InChI is InChI=1S/C19H21NO2/c1-13-10-14(2)17-4-3-9-20(18(17)11-13)19(22)12-15-5-7-16(21)8-6-15/h5-8,10-11,21H,3-4,9,12H2,1-2H3. The first kappa shape index (κ1) is 14.6. The second-order valence-corrected chi connectivity index (χ2v) is 6.07. The Morgan fingerprint density at radius 3 is 2.64 bits per heavy atom. The lowest BCUT2D eigenvalue weighted by atomic mass is 9.94. The number of benzene rings is 2. The molecule has 2 aromatic rings. The fourth-order valence-electron chi connectivity index (χ4n) is 3.22. The summed E-state index contributed by atoms with van der Waals surface area (Å²) in [5.41, 5.74) is 5.78. The van der Waals surface area contributed by atoms with Crippen molar-refractivity contribution in [2.45, 2.75) is 33.1 Å². The summed E-state index contributed by atoms with van der Waals surface area (Å²) >= 11 is 0. The second kappa shape index (κ2) is 5.84. The SMILES string of the molecule is Cc1cc(C)c2c(c1)N(C(=O)Cc1ccc(O)cc1)CCC2. The van der Waals surface area contributed by atoms with Gasteiger partial charge in [-0.3, -0.25) is 4.79 Å². The molecule has 3 nitrogen and oxygen atoms in total. The first-order valence-corrected chi connectivity index (χ1v) is 7.73. The predicted octanol–water partition coefficient (Wildman–Crippen LogP) is 3.53. The van der Waals surface area contributed by atoms with E-state index in [-0.39, 0.29) is 11.7 Å². The highest BCUT2D eigenvalue weighted by atomic mass is 16.3. The molecule has 114 valence electrons. The van der Waals surface area contributed by atoms with Gasteiger partial charge in [0.2, 0.25) is 5.91 Å². The number of phenols is 1. The number of amides is 1. The lowest BCUT2D eigenvalue weighted by molar-refractivity contribution is -0.118. The van der Waals surface area contributed by atoms with Crippen LogP contribution in [-0.4, -0.2) is 17.6 Å². The molecule has 0 aliphatic carbocycles. The lowest BCUT2D eigenvalue weighted by Crippen LogP contribution is -2.36. The third kappa shape index (κ3) is 2.84. The van der Waals surface area contributed by atoms with Gasteiger partial charge in [-0.2, -0.15) is 0 Å². The molecule has 0 bridgehead atoms. The van der Waals surface area contributed by atoms with Crippen molar-refractivity contribution in [1.29, 1.82) is 0 Å². The van der Waals surface area contributed by atoms with E-state index in [0.717, 1.165) is 30.6 Å². The Bertz CT molecular complexity index is 704. The molecular formula is C19H21NO2. The van der Waals surface area contributed by atoms with Gasteiger partial charge in [-0.1, -0.05) is 18.2 Å². The van der Waals surface area contributed by atoms with E-state index in [1.165, 1.54) is 16.7 Å². The number of anilines is 1. The smallest absolute Gasteiger partial charge is 0.231 e. The summed E-state index contributed by atoms with van der Waals surface area (Å²) in [7, 11) is 0. The Morgan fingerprint density at radius 1 is 1.18 bits per heavy atom. The van der Waals surface area contributed by atoms with Crippen LogP contribution < -0.4 is 4.90 Å². The molecule has 1 aliphatic rings. The highest BCUT2D eigenvalue weighted by Gasteiger charge is 2.23. The van der Waals surface area contributed by atoms with Gasteiger partial charge in [0.1, 0.15) is 5.75 Å². The summed E-state index contributed by atoms with van der Waals surface area (Å²) in [4.78, 5) is 14.6. The number of fused-ring (bicyclic) bond motifs is 1. The van der Waals surface area contributed by atoms with E-state index in [1.807, 2.05) is 4.90 Å². The van der Waals surface area contributed by atoms with Crippen molar-refractivity contribution in [2.75, 3.05) is 11.4 Å². The van der Waals surface area contributed by atoms with Crippen molar-refractivity contribution in [1.82, 2.24) is 0 Å². The molecule has 0 saturated heterocycles. The maximum Gasteiger partial charge on any atom is 0.231 e. The van der Waals surface area contributed by atoms with Gasteiger partial charge in [-0.05, 0) is 67.1 Å². The van der Waals surface area contributed by atoms with Crippen LogP contribution >= 0.6 is 0 Å². The average Bonchev–Trinajstić information content (AvgIpc) is 2.49. The normalized spacial score (nSPS) is 13.8. The topological polar surface area (TPSA) is 40.5 Å². The third-order valence-corrected chi connectivity index (χ3v) is 4.29. The van der Waals surface area contributed by atoms with Crippen molar-refractivity contribution < 1.29 is 9.90 Å². The minimum Gasteiger partial charge on any atom is -0.508 e. The maximum absolute atomic E-state index is 12.7. The molecule has 3 rings (SSSR count). The number of phenolic OH excluding ortho intramolecular Hbond substituents is 1. The van der Waals surface area contributed by atoms with Gasteiger partial charge in [0.05, 0.1) is 6.42 Å². The van der Waals surface area contributed by atoms with Crippen LogP contribution in [0.2, 0.25) is 0 Å². The molecule has 3 heteroatoms. The summed E-state index contributed by atoms with van der Waals surface area (Å²) in [6.07, 6.45) is 2.43. The van der Waals surface area contributed by atoms with Crippen LogP contribution in [0.4, 0.5) is 5.69 Å². The van der Waals surface area contributed by atoms with Crippen LogP contribution in [0.3, 0.4) is 0 Å². The van der Waals surface area contributed by atoms with Gasteiger partial charge >= 0.3 is 0 Å². The molecule has 0 aromatic heterocycles. The Morgan fingerprint density at radius 2 is 1.91 bits per heavy atom. The Hall–Kier alpha value is -2.29. The zero-order valence-electron chi connectivity index (χ0n) is 13.1. The molecule has 1 aliphatic heterocycles. The fraction of sp³-hybridized carbons (Fsp3) is 0.316. The number of hydrogen-bond acceptors (Lipinski definition) is 2. The van der Waals surface area contributed by atoms with Crippen LogP contribution in [0.15, 0.2) is 36.4 Å². The molecule has 0 saturated carbocycles. The Kier molecular flexibility index (Phi) is 3.88. The number of nitrogens with zero attached hydrogens (tertiary/aromatic N) is 1. The Labute approximate surface area is 131 Å². The van der Waals surface area contributed by atoms with E-state index in [2.05, 4.69) is 26.0 Å². The number of aromatic hydroxyl groups is 1. The van der Waals surface area contributed by atoms with Crippen molar-refractivity contribution in [2.24, 2.45) is 0 Å². The molecular weight excluding hydrogens is 274 g/mol. The molecule has 0 atom stereocenters. The monoisotopic (exact) mass is 295 g/mol. The fourth-order valence-corrected chi connectivity index (χ4v) is 3.22. The molecule has 1 N–H and O–H groups in total. The number of hydrogen-bond donors (Lipinski definition) is 1. The van der Waals surface area contributed by atoms with Gasteiger partial charge in [0.25, 0.3) is 0 Å². The molecule has 0 unspecified atom stereocenters. The molecule has 0 fully saturated rings. The number of carbonyl (C=O) groups is 1. The number of rotatable bonds is 2. The van der Waals surface area contributed by atoms with Gasteiger partial charge in [0, 0.05) is 12.2 Å². The largest absolute Gasteiger partial charge is 0.508 e. The van der Waals surface area contributed by atoms with Crippen LogP contribution in [0, 0.1) is 13.8 Å². The van der Waals surface area contributed by atoms with E-state index < -0.39 is 0 Å². The summed E-state index contributed by atoms with van der Waals surface area (Å²) in [5, 5.41) is 9.34. The number of aryl methyl sites for hydroxylation is 2.